The molecule has 1 amide bonds. The molecule has 1 aliphatic heterocycles. The molecular weight excluding hydrogens is 190 g/mol. The summed E-state index contributed by atoms with van der Waals surface area (Å²) in [5.74, 6) is 0.0182. The number of carbonyl (C=O) groups excluding carboxylic acids is 1. The summed E-state index contributed by atoms with van der Waals surface area (Å²) >= 11 is 0. The SMILES string of the molecule is O=C(CCO)N1CCCc2ccccc21. The Bertz CT molecular complexity index is 362. The quantitative estimate of drug-likeness (QED) is 0.791. The molecule has 0 unspecified atom stereocenters. The van der Waals surface area contributed by atoms with Gasteiger partial charge >= 0.3 is 0 Å². The third-order valence-corrected chi connectivity index (χ3v) is 2.74. The number of carbonyl (C=O) groups is 1. The van der Waals surface area contributed by atoms with E-state index in [0.717, 1.165) is 25.1 Å². The van der Waals surface area contributed by atoms with Gasteiger partial charge in [-0.15, -0.1) is 0 Å². The Kier molecular flexibility index (Phi) is 3.02. The maximum absolute atomic E-state index is 11.7. The summed E-state index contributed by atoms with van der Waals surface area (Å²) in [7, 11) is 0. The van der Waals surface area contributed by atoms with Crippen molar-refractivity contribution in [2.75, 3.05) is 18.1 Å². The molecule has 0 saturated carbocycles. The van der Waals surface area contributed by atoms with E-state index in [1.807, 2.05) is 18.2 Å². The first-order valence-corrected chi connectivity index (χ1v) is 5.32. The molecule has 0 spiro atoms. The molecule has 0 aromatic heterocycles. The van der Waals surface area contributed by atoms with Crippen molar-refractivity contribution in [3.8, 4) is 0 Å². The lowest BCUT2D eigenvalue weighted by Gasteiger charge is -2.29. The van der Waals surface area contributed by atoms with Crippen LogP contribution in [0.5, 0.6) is 0 Å². The number of hydrogen-bond acceptors (Lipinski definition) is 2. The molecule has 15 heavy (non-hydrogen) atoms. The maximum atomic E-state index is 11.7. The van der Waals surface area contributed by atoms with Crippen LogP contribution in [0.4, 0.5) is 5.69 Å². The van der Waals surface area contributed by atoms with Crippen molar-refractivity contribution in [2.45, 2.75) is 19.3 Å². The van der Waals surface area contributed by atoms with Gasteiger partial charge in [0.05, 0.1) is 13.0 Å². The van der Waals surface area contributed by atoms with E-state index in [-0.39, 0.29) is 18.9 Å². The van der Waals surface area contributed by atoms with Gasteiger partial charge in [-0.1, -0.05) is 18.2 Å². The standard InChI is InChI=1S/C12H15NO2/c14-9-7-12(15)13-8-3-5-10-4-1-2-6-11(10)13/h1-2,4,6,14H,3,5,7-9H2. The molecule has 3 nitrogen and oxygen atoms in total. The second kappa shape index (κ2) is 4.45. The predicted octanol–water partition coefficient (Wildman–Crippen LogP) is 1.35. The number of fused-ring (bicyclic) bond motifs is 1. The van der Waals surface area contributed by atoms with E-state index >= 15 is 0 Å². The molecule has 0 radical (unpaired) electrons. The Morgan fingerprint density at radius 1 is 1.40 bits per heavy atom. The smallest absolute Gasteiger partial charge is 0.229 e. The van der Waals surface area contributed by atoms with Gasteiger partial charge in [0, 0.05) is 12.2 Å². The van der Waals surface area contributed by atoms with Crippen molar-refractivity contribution in [1.82, 2.24) is 0 Å². The van der Waals surface area contributed by atoms with E-state index < -0.39 is 0 Å². The molecule has 2 rings (SSSR count). The van der Waals surface area contributed by atoms with Crippen molar-refractivity contribution < 1.29 is 9.90 Å². The number of para-hydroxylation sites is 1. The molecule has 0 aliphatic carbocycles. The summed E-state index contributed by atoms with van der Waals surface area (Å²) in [4.78, 5) is 13.5. The van der Waals surface area contributed by atoms with Crippen LogP contribution in [0.25, 0.3) is 0 Å². The third kappa shape index (κ3) is 2.02. The van der Waals surface area contributed by atoms with Gasteiger partial charge in [-0.25, -0.2) is 0 Å². The number of aliphatic hydroxyl groups is 1. The number of nitrogens with zero attached hydrogens (tertiary/aromatic N) is 1. The first kappa shape index (κ1) is 10.2. The van der Waals surface area contributed by atoms with Crippen molar-refractivity contribution in [3.05, 3.63) is 29.8 Å². The van der Waals surface area contributed by atoms with Crippen molar-refractivity contribution in [1.29, 1.82) is 0 Å². The zero-order chi connectivity index (χ0) is 10.7. The molecule has 0 saturated heterocycles. The Labute approximate surface area is 89.3 Å². The van der Waals surface area contributed by atoms with E-state index in [9.17, 15) is 4.79 Å². The summed E-state index contributed by atoms with van der Waals surface area (Å²) in [5.41, 5.74) is 2.25. The van der Waals surface area contributed by atoms with E-state index in [4.69, 9.17) is 5.11 Å². The number of aliphatic hydroxyl groups excluding tert-OH is 1. The largest absolute Gasteiger partial charge is 0.396 e. The molecule has 1 aromatic carbocycles. The van der Waals surface area contributed by atoms with Gasteiger partial charge in [-0.2, -0.15) is 0 Å². The zero-order valence-corrected chi connectivity index (χ0v) is 8.65. The topological polar surface area (TPSA) is 40.5 Å². The van der Waals surface area contributed by atoms with Gasteiger partial charge < -0.3 is 10.0 Å². The lowest BCUT2D eigenvalue weighted by atomic mass is 10.0. The Morgan fingerprint density at radius 2 is 2.20 bits per heavy atom. The highest BCUT2D eigenvalue weighted by Gasteiger charge is 2.21. The van der Waals surface area contributed by atoms with Crippen LogP contribution in [0.15, 0.2) is 24.3 Å². The van der Waals surface area contributed by atoms with Crippen molar-refractivity contribution in [2.24, 2.45) is 0 Å². The minimum atomic E-state index is -0.0719. The number of amides is 1. The van der Waals surface area contributed by atoms with Crippen LogP contribution < -0.4 is 4.90 Å². The molecular formula is C12H15NO2. The Hall–Kier alpha value is -1.35. The lowest BCUT2D eigenvalue weighted by molar-refractivity contribution is -0.119. The van der Waals surface area contributed by atoms with Crippen LogP contribution >= 0.6 is 0 Å². The fourth-order valence-electron chi connectivity index (χ4n) is 2.02. The highest BCUT2D eigenvalue weighted by Crippen LogP contribution is 2.26. The molecule has 80 valence electrons. The summed E-state index contributed by atoms with van der Waals surface area (Å²) in [6.45, 7) is 0.702. The first-order valence-electron chi connectivity index (χ1n) is 5.32. The van der Waals surface area contributed by atoms with Crippen molar-refractivity contribution >= 4 is 11.6 Å². The van der Waals surface area contributed by atoms with E-state index in [0.29, 0.717) is 0 Å². The van der Waals surface area contributed by atoms with E-state index in [2.05, 4.69) is 6.07 Å². The first-order chi connectivity index (χ1) is 7.33. The van der Waals surface area contributed by atoms with E-state index in [1.165, 1.54) is 5.56 Å². The average molecular weight is 205 g/mol. The summed E-state index contributed by atoms with van der Waals surface area (Å²) in [6.07, 6.45) is 2.27. The summed E-state index contributed by atoms with van der Waals surface area (Å²) in [6, 6.07) is 7.99. The highest BCUT2D eigenvalue weighted by molar-refractivity contribution is 5.94. The van der Waals surface area contributed by atoms with Gasteiger partial charge in [0.15, 0.2) is 0 Å². The monoisotopic (exact) mass is 205 g/mol. The van der Waals surface area contributed by atoms with Crippen LogP contribution in [0.3, 0.4) is 0 Å². The molecule has 1 N–H and O–H groups in total. The lowest BCUT2D eigenvalue weighted by Crippen LogP contribution is -2.35. The number of rotatable bonds is 2. The van der Waals surface area contributed by atoms with Gasteiger partial charge in [0.25, 0.3) is 0 Å². The average Bonchev–Trinajstić information content (AvgIpc) is 2.28. The molecule has 0 atom stereocenters. The second-order valence-electron chi connectivity index (χ2n) is 3.75. The van der Waals surface area contributed by atoms with Crippen LogP contribution in [0.2, 0.25) is 0 Å². The summed E-state index contributed by atoms with van der Waals surface area (Å²) in [5, 5.41) is 8.77. The number of benzene rings is 1. The molecule has 0 bridgehead atoms. The van der Waals surface area contributed by atoms with Gasteiger partial charge in [0.2, 0.25) is 5.91 Å². The molecule has 1 aromatic rings. The molecule has 1 aliphatic rings. The zero-order valence-electron chi connectivity index (χ0n) is 8.65. The van der Waals surface area contributed by atoms with Crippen LogP contribution in [-0.2, 0) is 11.2 Å². The summed E-state index contributed by atoms with van der Waals surface area (Å²) < 4.78 is 0. The van der Waals surface area contributed by atoms with Crippen LogP contribution in [0, 0.1) is 0 Å². The van der Waals surface area contributed by atoms with Gasteiger partial charge in [-0.05, 0) is 24.5 Å². The molecule has 1 heterocycles. The minimum absolute atomic E-state index is 0.0182. The molecule has 0 fully saturated rings. The highest BCUT2D eigenvalue weighted by atomic mass is 16.3. The Morgan fingerprint density at radius 3 is 3.00 bits per heavy atom. The fraction of sp³-hybridized carbons (Fsp3) is 0.417. The number of hydrogen-bond donors (Lipinski definition) is 1. The van der Waals surface area contributed by atoms with Gasteiger partial charge in [-0.3, -0.25) is 4.79 Å². The number of aryl methyl sites for hydroxylation is 1. The van der Waals surface area contributed by atoms with E-state index in [1.54, 1.807) is 4.90 Å². The van der Waals surface area contributed by atoms with Crippen LogP contribution in [0.1, 0.15) is 18.4 Å². The maximum Gasteiger partial charge on any atom is 0.229 e. The Balaban J connectivity index is 2.25. The normalized spacial score (nSPS) is 14.9. The van der Waals surface area contributed by atoms with Gasteiger partial charge in [0.1, 0.15) is 0 Å². The second-order valence-corrected chi connectivity index (χ2v) is 3.75. The molecule has 3 heteroatoms. The fourth-order valence-corrected chi connectivity index (χ4v) is 2.02. The third-order valence-electron chi connectivity index (χ3n) is 2.74. The van der Waals surface area contributed by atoms with Crippen LogP contribution in [-0.4, -0.2) is 24.2 Å². The number of anilines is 1. The van der Waals surface area contributed by atoms with Crippen molar-refractivity contribution in [3.63, 3.8) is 0 Å². The minimum Gasteiger partial charge on any atom is -0.396 e. The predicted molar refractivity (Wildman–Crippen MR) is 58.8 cm³/mol.